The lowest BCUT2D eigenvalue weighted by molar-refractivity contribution is 0.0548. The SMILES string of the molecule is C/C=C(\C)c1cc(Cl)c(O)cc1C.C=C(C)/C=C(\C(=C/C)C1=CCNCC1)N1CCOCC1.CC.CC. The molecule has 208 valence electrons. The van der Waals surface area contributed by atoms with E-state index in [9.17, 15) is 5.11 Å². The van der Waals surface area contributed by atoms with E-state index in [1.54, 1.807) is 12.1 Å². The molecule has 1 saturated heterocycles. The Bertz CT molecular complexity index is 952. The summed E-state index contributed by atoms with van der Waals surface area (Å²) in [5.74, 6) is 0.145. The number of phenols is 1. The van der Waals surface area contributed by atoms with Crippen LogP contribution in [-0.2, 0) is 4.74 Å². The van der Waals surface area contributed by atoms with Crippen molar-refractivity contribution in [3.63, 3.8) is 0 Å². The molecule has 2 N–H and O–H groups in total. The van der Waals surface area contributed by atoms with Crippen LogP contribution in [0.2, 0.25) is 5.02 Å². The van der Waals surface area contributed by atoms with Gasteiger partial charge in [0.15, 0.2) is 0 Å². The number of benzene rings is 1. The number of nitrogens with zero attached hydrogens (tertiary/aromatic N) is 1. The summed E-state index contributed by atoms with van der Waals surface area (Å²) >= 11 is 5.81. The van der Waals surface area contributed by atoms with E-state index in [1.807, 2.05) is 54.5 Å². The van der Waals surface area contributed by atoms with Crippen LogP contribution in [0.15, 0.2) is 65.4 Å². The zero-order valence-electron chi connectivity index (χ0n) is 24.8. The quantitative estimate of drug-likeness (QED) is 0.374. The Kier molecular flexibility index (Phi) is 18.6. The Morgan fingerprint density at radius 1 is 1.08 bits per heavy atom. The van der Waals surface area contributed by atoms with Gasteiger partial charge in [-0.3, -0.25) is 0 Å². The molecule has 0 aromatic heterocycles. The van der Waals surface area contributed by atoms with Crippen molar-refractivity contribution in [2.75, 3.05) is 39.4 Å². The van der Waals surface area contributed by atoms with Gasteiger partial charge in [-0.15, -0.1) is 0 Å². The van der Waals surface area contributed by atoms with Crippen molar-refractivity contribution in [1.82, 2.24) is 10.2 Å². The van der Waals surface area contributed by atoms with Gasteiger partial charge in [0.2, 0.25) is 0 Å². The monoisotopic (exact) mass is 530 g/mol. The molecule has 1 fully saturated rings. The van der Waals surface area contributed by atoms with E-state index in [0.717, 1.165) is 62.5 Å². The van der Waals surface area contributed by atoms with Crippen molar-refractivity contribution in [3.05, 3.63) is 81.6 Å². The Hall–Kier alpha value is -2.27. The van der Waals surface area contributed by atoms with Gasteiger partial charge in [-0.05, 0) is 93.6 Å². The molecular weight excluding hydrogens is 480 g/mol. The summed E-state index contributed by atoms with van der Waals surface area (Å²) in [6.07, 6.45) is 9.88. The summed E-state index contributed by atoms with van der Waals surface area (Å²) in [5, 5.41) is 13.1. The highest BCUT2D eigenvalue weighted by molar-refractivity contribution is 6.32. The molecule has 37 heavy (non-hydrogen) atoms. The summed E-state index contributed by atoms with van der Waals surface area (Å²) in [6, 6.07) is 3.48. The molecule has 0 unspecified atom stereocenters. The highest BCUT2D eigenvalue weighted by Gasteiger charge is 2.19. The summed E-state index contributed by atoms with van der Waals surface area (Å²) < 4.78 is 5.48. The normalized spacial score (nSPS) is 16.2. The van der Waals surface area contributed by atoms with Crippen molar-refractivity contribution in [2.45, 2.75) is 68.7 Å². The Balaban J connectivity index is 0.000000660. The topological polar surface area (TPSA) is 44.7 Å². The Morgan fingerprint density at radius 2 is 1.70 bits per heavy atom. The van der Waals surface area contributed by atoms with E-state index in [0.29, 0.717) is 5.02 Å². The number of hydrogen-bond donors (Lipinski definition) is 2. The van der Waals surface area contributed by atoms with E-state index < -0.39 is 0 Å². The van der Waals surface area contributed by atoms with Crippen molar-refractivity contribution in [3.8, 4) is 5.75 Å². The van der Waals surface area contributed by atoms with E-state index in [-0.39, 0.29) is 5.75 Å². The molecule has 3 rings (SSSR count). The van der Waals surface area contributed by atoms with Gasteiger partial charge in [0, 0.05) is 25.3 Å². The molecule has 0 spiro atoms. The number of ether oxygens (including phenoxy) is 1. The number of hydrogen-bond acceptors (Lipinski definition) is 4. The molecule has 1 aromatic rings. The number of aromatic hydroxyl groups is 1. The van der Waals surface area contributed by atoms with Gasteiger partial charge in [-0.2, -0.15) is 0 Å². The highest BCUT2D eigenvalue weighted by atomic mass is 35.5. The maximum Gasteiger partial charge on any atom is 0.134 e. The average molecular weight is 531 g/mol. The third-order valence-corrected chi connectivity index (χ3v) is 6.16. The van der Waals surface area contributed by atoms with Crippen molar-refractivity contribution in [2.24, 2.45) is 0 Å². The first kappa shape index (κ1) is 34.7. The third-order valence-electron chi connectivity index (χ3n) is 5.86. The molecule has 0 aliphatic carbocycles. The van der Waals surface area contributed by atoms with Crippen LogP contribution in [0.3, 0.4) is 0 Å². The van der Waals surface area contributed by atoms with Crippen LogP contribution in [0.5, 0.6) is 5.75 Å². The van der Waals surface area contributed by atoms with Gasteiger partial charge in [0.05, 0.1) is 18.2 Å². The summed E-state index contributed by atoms with van der Waals surface area (Å²) in [7, 11) is 0. The fraction of sp³-hybridized carbons (Fsp3) is 0.500. The summed E-state index contributed by atoms with van der Waals surface area (Å²) in [6.45, 7) is 27.8. The van der Waals surface area contributed by atoms with Crippen molar-refractivity contribution < 1.29 is 9.84 Å². The van der Waals surface area contributed by atoms with Crippen LogP contribution in [0.4, 0.5) is 0 Å². The van der Waals surface area contributed by atoms with Gasteiger partial charge in [0.1, 0.15) is 5.75 Å². The second-order valence-electron chi connectivity index (χ2n) is 8.45. The molecule has 5 heteroatoms. The number of halogens is 1. The molecule has 0 radical (unpaired) electrons. The fourth-order valence-electron chi connectivity index (χ4n) is 3.99. The minimum Gasteiger partial charge on any atom is -0.506 e. The van der Waals surface area contributed by atoms with Crippen molar-refractivity contribution >= 4 is 17.2 Å². The molecule has 0 atom stereocenters. The van der Waals surface area contributed by atoms with Gasteiger partial charge in [-0.1, -0.05) is 69.7 Å². The first-order valence-electron chi connectivity index (χ1n) is 13.7. The van der Waals surface area contributed by atoms with E-state index in [2.05, 4.69) is 48.9 Å². The molecule has 0 saturated carbocycles. The first-order valence-corrected chi connectivity index (χ1v) is 14.0. The maximum atomic E-state index is 9.33. The summed E-state index contributed by atoms with van der Waals surface area (Å²) in [4.78, 5) is 2.43. The molecule has 0 amide bonds. The minimum absolute atomic E-state index is 0.145. The van der Waals surface area contributed by atoms with Crippen LogP contribution in [0.1, 0.15) is 72.9 Å². The maximum absolute atomic E-state index is 9.33. The van der Waals surface area contributed by atoms with Crippen LogP contribution in [-0.4, -0.2) is 49.4 Å². The summed E-state index contributed by atoms with van der Waals surface area (Å²) in [5.41, 5.74) is 8.50. The standard InChI is InChI=1S/C17H26N2O.C11H13ClO.2C2H6/c1-4-16(15-5-7-18-8-6-15)17(13-14(2)3)19-9-11-20-12-10-19;1-4-7(2)9-6-10(12)11(13)5-8(9)3;2*1-2/h4-5,13,18H,2,6-12H2,1,3H3;4-6,13H,1-3H3;2*1-2H3/b16-4-,17-13+;7-4+;;. The van der Waals surface area contributed by atoms with E-state index in [4.69, 9.17) is 16.3 Å². The van der Waals surface area contributed by atoms with Crippen LogP contribution < -0.4 is 5.32 Å². The predicted molar refractivity (Wildman–Crippen MR) is 164 cm³/mol. The molecule has 2 heterocycles. The lowest BCUT2D eigenvalue weighted by Gasteiger charge is -2.33. The fourth-order valence-corrected chi connectivity index (χ4v) is 4.15. The van der Waals surface area contributed by atoms with Crippen LogP contribution in [0.25, 0.3) is 5.57 Å². The lowest BCUT2D eigenvalue weighted by Crippen LogP contribution is -2.36. The van der Waals surface area contributed by atoms with E-state index in [1.165, 1.54) is 22.4 Å². The van der Waals surface area contributed by atoms with Crippen LogP contribution in [0, 0.1) is 6.92 Å². The first-order chi connectivity index (χ1) is 17.8. The molecule has 4 nitrogen and oxygen atoms in total. The molecular formula is C32H51ClN2O2. The largest absolute Gasteiger partial charge is 0.506 e. The number of aryl methyl sites for hydroxylation is 1. The van der Waals surface area contributed by atoms with Gasteiger partial charge in [-0.25, -0.2) is 0 Å². The molecule has 0 bridgehead atoms. The second kappa shape index (κ2) is 19.8. The highest BCUT2D eigenvalue weighted by Crippen LogP contribution is 2.30. The second-order valence-corrected chi connectivity index (χ2v) is 8.86. The van der Waals surface area contributed by atoms with Gasteiger partial charge < -0.3 is 20.1 Å². The Morgan fingerprint density at radius 3 is 2.19 bits per heavy atom. The van der Waals surface area contributed by atoms with Gasteiger partial charge in [0.25, 0.3) is 0 Å². The zero-order chi connectivity index (χ0) is 28.4. The number of morpholine rings is 1. The minimum atomic E-state index is 0.145. The number of rotatable bonds is 5. The predicted octanol–water partition coefficient (Wildman–Crippen LogP) is 8.47. The zero-order valence-corrected chi connectivity index (χ0v) is 25.6. The van der Waals surface area contributed by atoms with E-state index >= 15 is 0 Å². The third kappa shape index (κ3) is 11.8. The molecule has 1 aromatic carbocycles. The smallest absolute Gasteiger partial charge is 0.134 e. The van der Waals surface area contributed by atoms with Crippen LogP contribution >= 0.6 is 11.6 Å². The lowest BCUT2D eigenvalue weighted by atomic mass is 9.95. The van der Waals surface area contributed by atoms with Crippen molar-refractivity contribution in [1.29, 1.82) is 0 Å². The molecule has 2 aliphatic heterocycles. The molecule has 2 aliphatic rings. The van der Waals surface area contributed by atoms with Gasteiger partial charge >= 0.3 is 0 Å². The average Bonchev–Trinajstić information content (AvgIpc) is 2.93. The Labute approximate surface area is 232 Å². The number of allylic oxidation sites excluding steroid dienone is 6. The number of phenolic OH excluding ortho intramolecular Hbond substituents is 1. The number of nitrogens with one attached hydrogen (secondary N) is 1.